The highest BCUT2D eigenvalue weighted by Crippen LogP contribution is 2.31. The van der Waals surface area contributed by atoms with E-state index < -0.39 is 0 Å². The number of nitrogens with one attached hydrogen (secondary N) is 1. The lowest BCUT2D eigenvalue weighted by Gasteiger charge is -2.39. The van der Waals surface area contributed by atoms with Crippen LogP contribution in [0.1, 0.15) is 39.0 Å². The van der Waals surface area contributed by atoms with Gasteiger partial charge in [-0.3, -0.25) is 0 Å². The van der Waals surface area contributed by atoms with E-state index in [-0.39, 0.29) is 0 Å². The van der Waals surface area contributed by atoms with Gasteiger partial charge in [-0.1, -0.05) is 13.3 Å². The van der Waals surface area contributed by atoms with Crippen molar-refractivity contribution >= 4 is 0 Å². The first-order chi connectivity index (χ1) is 6.24. The molecule has 0 radical (unpaired) electrons. The van der Waals surface area contributed by atoms with E-state index in [1.165, 1.54) is 45.2 Å². The number of likely N-dealkylation sites (N-methyl/N-ethyl adjacent to an activating group) is 1. The Bertz CT molecular complexity index is 177. The van der Waals surface area contributed by atoms with Gasteiger partial charge in [0.25, 0.3) is 0 Å². The predicted molar refractivity (Wildman–Crippen MR) is 55.9 cm³/mol. The summed E-state index contributed by atoms with van der Waals surface area (Å²) in [6.07, 6.45) is 6.88. The lowest BCUT2D eigenvalue weighted by molar-refractivity contribution is 0.204. The van der Waals surface area contributed by atoms with Crippen LogP contribution >= 0.6 is 0 Å². The summed E-state index contributed by atoms with van der Waals surface area (Å²) in [6, 6.07) is 0.792. The summed E-state index contributed by atoms with van der Waals surface area (Å²) < 4.78 is 0. The molecule has 2 heteroatoms. The van der Waals surface area contributed by atoms with Gasteiger partial charge in [-0.2, -0.15) is 0 Å². The number of rotatable bonds is 1. The summed E-state index contributed by atoms with van der Waals surface area (Å²) >= 11 is 0. The Labute approximate surface area is 81.7 Å². The van der Waals surface area contributed by atoms with Crippen LogP contribution in [0.25, 0.3) is 0 Å². The minimum Gasteiger partial charge on any atom is -0.307 e. The predicted octanol–water partition coefficient (Wildman–Crippen LogP) is 1.61. The maximum absolute atomic E-state index is 3.87. The average Bonchev–Trinajstić information content (AvgIpc) is 2.47. The monoisotopic (exact) mass is 182 g/mol. The van der Waals surface area contributed by atoms with E-state index in [0.29, 0.717) is 5.54 Å². The second-order valence-electron chi connectivity index (χ2n) is 4.91. The van der Waals surface area contributed by atoms with Gasteiger partial charge >= 0.3 is 0 Å². The molecule has 76 valence electrons. The maximum atomic E-state index is 3.87. The smallest absolute Gasteiger partial charge is 0.0323 e. The molecule has 0 amide bonds. The van der Waals surface area contributed by atoms with E-state index in [9.17, 15) is 0 Å². The zero-order valence-corrected chi connectivity index (χ0v) is 8.97. The summed E-state index contributed by atoms with van der Waals surface area (Å²) in [5, 5.41) is 3.87. The third-order valence-corrected chi connectivity index (χ3v) is 3.76. The second-order valence-corrected chi connectivity index (χ2v) is 4.91. The quantitative estimate of drug-likeness (QED) is 0.663. The van der Waals surface area contributed by atoms with E-state index in [2.05, 4.69) is 24.2 Å². The molecular formula is C11H22N2. The van der Waals surface area contributed by atoms with Crippen molar-refractivity contribution < 1.29 is 0 Å². The lowest BCUT2D eigenvalue weighted by atomic mass is 9.84. The van der Waals surface area contributed by atoms with Crippen LogP contribution in [0.5, 0.6) is 0 Å². The van der Waals surface area contributed by atoms with Gasteiger partial charge in [0.2, 0.25) is 0 Å². The van der Waals surface area contributed by atoms with Crippen LogP contribution < -0.4 is 5.32 Å². The molecular weight excluding hydrogens is 160 g/mol. The zero-order valence-electron chi connectivity index (χ0n) is 8.97. The average molecular weight is 182 g/mol. The van der Waals surface area contributed by atoms with Crippen LogP contribution in [0.2, 0.25) is 0 Å². The molecule has 2 atom stereocenters. The third-order valence-electron chi connectivity index (χ3n) is 3.76. The fraction of sp³-hybridized carbons (Fsp3) is 1.00. The Kier molecular flexibility index (Phi) is 2.61. The summed E-state index contributed by atoms with van der Waals surface area (Å²) in [5.74, 6) is 0. The van der Waals surface area contributed by atoms with Gasteiger partial charge in [-0.15, -0.1) is 0 Å². The molecule has 2 heterocycles. The third kappa shape index (κ3) is 1.89. The highest BCUT2D eigenvalue weighted by atomic mass is 15.2. The van der Waals surface area contributed by atoms with Gasteiger partial charge in [0.05, 0.1) is 0 Å². The molecule has 2 fully saturated rings. The SMILES string of the molecule is CC[C@H]1CCCC2(CCN(C)C2)N1. The summed E-state index contributed by atoms with van der Waals surface area (Å²) in [4.78, 5) is 2.46. The van der Waals surface area contributed by atoms with Gasteiger partial charge in [0.1, 0.15) is 0 Å². The Hall–Kier alpha value is -0.0800. The fourth-order valence-corrected chi connectivity index (χ4v) is 2.97. The summed E-state index contributed by atoms with van der Waals surface area (Å²) in [6.45, 7) is 4.85. The largest absolute Gasteiger partial charge is 0.307 e. The van der Waals surface area contributed by atoms with E-state index >= 15 is 0 Å². The van der Waals surface area contributed by atoms with Crippen molar-refractivity contribution in [3.8, 4) is 0 Å². The Morgan fingerprint density at radius 2 is 2.31 bits per heavy atom. The maximum Gasteiger partial charge on any atom is 0.0323 e. The molecule has 1 spiro atoms. The number of hydrogen-bond donors (Lipinski definition) is 1. The normalized spacial score (nSPS) is 41.5. The standard InChI is InChI=1S/C11H22N2/c1-3-10-5-4-6-11(12-10)7-8-13(2)9-11/h10,12H,3-9H2,1-2H3/t10-,11?/m0/s1. The summed E-state index contributed by atoms with van der Waals surface area (Å²) in [5.41, 5.74) is 0.494. The van der Waals surface area contributed by atoms with Crippen LogP contribution in [0.15, 0.2) is 0 Å². The molecule has 0 saturated carbocycles. The van der Waals surface area contributed by atoms with Crippen molar-refractivity contribution in [3.05, 3.63) is 0 Å². The Balaban J connectivity index is 1.98. The van der Waals surface area contributed by atoms with Crippen molar-refractivity contribution in [1.82, 2.24) is 10.2 Å². The molecule has 1 unspecified atom stereocenters. The molecule has 2 aliphatic rings. The summed E-state index contributed by atoms with van der Waals surface area (Å²) in [7, 11) is 2.24. The number of likely N-dealkylation sites (tertiary alicyclic amines) is 1. The second kappa shape index (κ2) is 3.58. The van der Waals surface area contributed by atoms with Crippen molar-refractivity contribution in [2.24, 2.45) is 0 Å². The fourth-order valence-electron chi connectivity index (χ4n) is 2.97. The first-order valence-corrected chi connectivity index (χ1v) is 5.70. The van der Waals surface area contributed by atoms with E-state index in [1.807, 2.05) is 0 Å². The molecule has 2 rings (SSSR count). The molecule has 2 saturated heterocycles. The van der Waals surface area contributed by atoms with E-state index in [0.717, 1.165) is 6.04 Å². The lowest BCUT2D eigenvalue weighted by Crippen LogP contribution is -2.54. The van der Waals surface area contributed by atoms with Crippen LogP contribution in [-0.2, 0) is 0 Å². The number of hydrogen-bond acceptors (Lipinski definition) is 2. The number of piperidine rings is 1. The van der Waals surface area contributed by atoms with Gasteiger partial charge in [-0.05, 0) is 39.3 Å². The molecule has 0 aromatic carbocycles. The molecule has 0 aromatic rings. The Morgan fingerprint density at radius 1 is 1.46 bits per heavy atom. The van der Waals surface area contributed by atoms with Crippen LogP contribution in [-0.4, -0.2) is 36.6 Å². The first-order valence-electron chi connectivity index (χ1n) is 5.70. The van der Waals surface area contributed by atoms with Crippen molar-refractivity contribution in [3.63, 3.8) is 0 Å². The van der Waals surface area contributed by atoms with E-state index in [4.69, 9.17) is 0 Å². The molecule has 0 bridgehead atoms. The zero-order chi connectivity index (χ0) is 9.31. The Morgan fingerprint density at radius 3 is 2.92 bits per heavy atom. The van der Waals surface area contributed by atoms with Crippen LogP contribution in [0.3, 0.4) is 0 Å². The highest BCUT2D eigenvalue weighted by Gasteiger charge is 2.39. The van der Waals surface area contributed by atoms with Crippen molar-refractivity contribution in [2.75, 3.05) is 20.1 Å². The topological polar surface area (TPSA) is 15.3 Å². The van der Waals surface area contributed by atoms with Gasteiger partial charge < -0.3 is 10.2 Å². The minimum atomic E-state index is 0.494. The van der Waals surface area contributed by atoms with Gasteiger partial charge in [0, 0.05) is 18.1 Å². The molecule has 2 aliphatic heterocycles. The van der Waals surface area contributed by atoms with Crippen LogP contribution in [0.4, 0.5) is 0 Å². The molecule has 1 N–H and O–H groups in total. The molecule has 0 aromatic heterocycles. The number of nitrogens with zero attached hydrogens (tertiary/aromatic N) is 1. The minimum absolute atomic E-state index is 0.494. The highest BCUT2D eigenvalue weighted by molar-refractivity contribution is 5.00. The first kappa shape index (κ1) is 9.47. The van der Waals surface area contributed by atoms with Gasteiger partial charge in [0.15, 0.2) is 0 Å². The molecule has 0 aliphatic carbocycles. The van der Waals surface area contributed by atoms with Gasteiger partial charge in [-0.25, -0.2) is 0 Å². The molecule has 13 heavy (non-hydrogen) atoms. The van der Waals surface area contributed by atoms with Crippen LogP contribution in [0, 0.1) is 0 Å². The van der Waals surface area contributed by atoms with E-state index in [1.54, 1.807) is 0 Å². The van der Waals surface area contributed by atoms with Crippen molar-refractivity contribution in [1.29, 1.82) is 0 Å². The van der Waals surface area contributed by atoms with Crippen molar-refractivity contribution in [2.45, 2.75) is 50.6 Å². The molecule has 2 nitrogen and oxygen atoms in total.